The van der Waals surface area contributed by atoms with Crippen LogP contribution in [0.5, 0.6) is 0 Å². The molecule has 1 aliphatic carbocycles. The molecule has 0 saturated heterocycles. The molecular weight excluding hydrogens is 312 g/mol. The van der Waals surface area contributed by atoms with E-state index < -0.39 is 5.97 Å². The fraction of sp³-hybridized carbons (Fsp3) is 0.471. The quantitative estimate of drug-likeness (QED) is 0.674. The number of benzene rings is 1. The van der Waals surface area contributed by atoms with Crippen molar-refractivity contribution in [3.05, 3.63) is 38.9 Å². The van der Waals surface area contributed by atoms with Crippen molar-refractivity contribution >= 4 is 29.1 Å². The zero-order chi connectivity index (χ0) is 16.6. The van der Waals surface area contributed by atoms with E-state index >= 15 is 0 Å². The van der Waals surface area contributed by atoms with Crippen LogP contribution in [0.15, 0.2) is 23.0 Å². The summed E-state index contributed by atoms with van der Waals surface area (Å²) in [7, 11) is 1.33. The van der Waals surface area contributed by atoms with E-state index in [0.29, 0.717) is 27.2 Å². The van der Waals surface area contributed by atoms with Crippen LogP contribution in [0.3, 0.4) is 0 Å². The number of hydrogen-bond acceptors (Lipinski definition) is 4. The number of rotatable bonds is 2. The summed E-state index contributed by atoms with van der Waals surface area (Å²) in [5.74, 6) is -0.000331. The number of aromatic nitrogens is 2. The average Bonchev–Trinajstić information content (AvgIpc) is 2.55. The number of H-pyrrole nitrogens is 1. The highest BCUT2D eigenvalue weighted by molar-refractivity contribution is 7.71. The van der Waals surface area contributed by atoms with Crippen LogP contribution < -0.4 is 5.56 Å². The van der Waals surface area contributed by atoms with Gasteiger partial charge in [-0.05, 0) is 49.2 Å². The number of nitrogens with one attached hydrogen (secondary N) is 1. The predicted molar refractivity (Wildman–Crippen MR) is 91.4 cm³/mol. The SMILES string of the molecule is COC(=O)c1ccc2c(=O)n([C@H]3CCCC[C@@H]3C)c(=S)[nH]c2c1. The van der Waals surface area contributed by atoms with Crippen molar-refractivity contribution in [3.63, 3.8) is 0 Å². The molecule has 122 valence electrons. The van der Waals surface area contributed by atoms with Gasteiger partial charge in [-0.15, -0.1) is 0 Å². The van der Waals surface area contributed by atoms with Crippen LogP contribution in [-0.4, -0.2) is 22.6 Å². The molecule has 3 rings (SSSR count). The minimum absolute atomic E-state index is 0.0843. The van der Waals surface area contributed by atoms with Crippen molar-refractivity contribution in [3.8, 4) is 0 Å². The third-order valence-corrected chi connectivity index (χ3v) is 5.05. The minimum Gasteiger partial charge on any atom is -0.465 e. The van der Waals surface area contributed by atoms with Crippen LogP contribution in [0.1, 0.15) is 49.0 Å². The Balaban J connectivity index is 2.17. The maximum Gasteiger partial charge on any atom is 0.337 e. The number of ether oxygens (including phenoxy) is 1. The van der Waals surface area contributed by atoms with Gasteiger partial charge in [0.05, 0.1) is 23.6 Å². The Morgan fingerprint density at radius 1 is 1.35 bits per heavy atom. The predicted octanol–water partition coefficient (Wildman–Crippen LogP) is 3.60. The van der Waals surface area contributed by atoms with E-state index in [0.717, 1.165) is 19.3 Å². The zero-order valence-electron chi connectivity index (χ0n) is 13.3. The molecule has 1 aromatic heterocycles. The number of methoxy groups -OCH3 is 1. The van der Waals surface area contributed by atoms with E-state index in [1.54, 1.807) is 22.8 Å². The number of fused-ring (bicyclic) bond motifs is 1. The lowest BCUT2D eigenvalue weighted by Gasteiger charge is -2.30. The van der Waals surface area contributed by atoms with Gasteiger partial charge >= 0.3 is 5.97 Å². The first-order chi connectivity index (χ1) is 11.0. The fourth-order valence-electron chi connectivity index (χ4n) is 3.46. The maximum atomic E-state index is 12.9. The number of hydrogen-bond donors (Lipinski definition) is 1. The number of aromatic amines is 1. The Bertz CT molecular complexity index is 868. The number of nitrogens with zero attached hydrogens (tertiary/aromatic N) is 1. The van der Waals surface area contributed by atoms with Crippen LogP contribution in [0.25, 0.3) is 10.9 Å². The van der Waals surface area contributed by atoms with Crippen LogP contribution in [0.2, 0.25) is 0 Å². The fourth-order valence-corrected chi connectivity index (χ4v) is 3.79. The van der Waals surface area contributed by atoms with Gasteiger partial charge in [-0.1, -0.05) is 19.8 Å². The second-order valence-electron chi connectivity index (χ2n) is 6.19. The van der Waals surface area contributed by atoms with Crippen molar-refractivity contribution in [2.24, 2.45) is 5.92 Å². The van der Waals surface area contributed by atoms with Crippen molar-refractivity contribution in [2.75, 3.05) is 7.11 Å². The molecule has 1 N–H and O–H groups in total. The molecule has 0 amide bonds. The van der Waals surface area contributed by atoms with Crippen molar-refractivity contribution in [2.45, 2.75) is 38.6 Å². The Labute approximate surface area is 139 Å². The number of carbonyl (C=O) groups excluding carboxylic acids is 1. The molecule has 1 aliphatic rings. The molecule has 1 saturated carbocycles. The highest BCUT2D eigenvalue weighted by atomic mass is 32.1. The molecule has 1 aromatic carbocycles. The molecule has 23 heavy (non-hydrogen) atoms. The van der Waals surface area contributed by atoms with E-state index in [-0.39, 0.29) is 11.6 Å². The third-order valence-electron chi connectivity index (χ3n) is 4.75. The van der Waals surface area contributed by atoms with Crippen molar-refractivity contribution in [1.82, 2.24) is 9.55 Å². The van der Waals surface area contributed by atoms with E-state index in [1.165, 1.54) is 13.5 Å². The lowest BCUT2D eigenvalue weighted by molar-refractivity contribution is 0.0601. The van der Waals surface area contributed by atoms with Gasteiger partial charge in [-0.25, -0.2) is 4.79 Å². The monoisotopic (exact) mass is 332 g/mol. The molecule has 5 nitrogen and oxygen atoms in total. The van der Waals surface area contributed by atoms with Gasteiger partial charge in [0, 0.05) is 6.04 Å². The summed E-state index contributed by atoms with van der Waals surface area (Å²) in [6, 6.07) is 5.04. The average molecular weight is 332 g/mol. The summed E-state index contributed by atoms with van der Waals surface area (Å²) in [5, 5.41) is 0.545. The van der Waals surface area contributed by atoms with Gasteiger partial charge in [0.15, 0.2) is 4.77 Å². The Hall–Kier alpha value is -1.95. The van der Waals surface area contributed by atoms with Gasteiger partial charge < -0.3 is 9.72 Å². The molecule has 0 aliphatic heterocycles. The molecule has 2 atom stereocenters. The first-order valence-electron chi connectivity index (χ1n) is 7.90. The third kappa shape index (κ3) is 2.83. The second-order valence-corrected chi connectivity index (χ2v) is 6.57. The highest BCUT2D eigenvalue weighted by Crippen LogP contribution is 2.33. The smallest absolute Gasteiger partial charge is 0.337 e. The topological polar surface area (TPSA) is 64.1 Å². The summed E-state index contributed by atoms with van der Waals surface area (Å²) < 4.78 is 6.86. The summed E-state index contributed by atoms with van der Waals surface area (Å²) in [4.78, 5) is 27.7. The van der Waals surface area contributed by atoms with Gasteiger partial charge in [-0.2, -0.15) is 0 Å². The Morgan fingerprint density at radius 3 is 2.78 bits per heavy atom. The van der Waals surface area contributed by atoms with Crippen LogP contribution in [0.4, 0.5) is 0 Å². The summed E-state index contributed by atoms with van der Waals surface area (Å²) in [6.45, 7) is 2.18. The van der Waals surface area contributed by atoms with E-state index in [4.69, 9.17) is 17.0 Å². The summed E-state index contributed by atoms with van der Waals surface area (Å²) in [5.41, 5.74) is 0.885. The molecule has 2 aromatic rings. The minimum atomic E-state index is -0.434. The van der Waals surface area contributed by atoms with E-state index in [2.05, 4.69) is 11.9 Å². The summed E-state index contributed by atoms with van der Waals surface area (Å²) >= 11 is 5.43. The highest BCUT2D eigenvalue weighted by Gasteiger charge is 2.25. The largest absolute Gasteiger partial charge is 0.465 e. The van der Waals surface area contributed by atoms with E-state index in [9.17, 15) is 9.59 Å². The Morgan fingerprint density at radius 2 is 2.09 bits per heavy atom. The van der Waals surface area contributed by atoms with Gasteiger partial charge in [0.25, 0.3) is 5.56 Å². The van der Waals surface area contributed by atoms with Gasteiger partial charge in [-0.3, -0.25) is 9.36 Å². The molecule has 1 heterocycles. The molecule has 0 radical (unpaired) electrons. The van der Waals surface area contributed by atoms with Gasteiger partial charge in [0.2, 0.25) is 0 Å². The maximum absolute atomic E-state index is 12.9. The molecule has 0 bridgehead atoms. The van der Waals surface area contributed by atoms with Crippen LogP contribution in [0, 0.1) is 10.7 Å². The van der Waals surface area contributed by atoms with Gasteiger partial charge in [0.1, 0.15) is 0 Å². The zero-order valence-corrected chi connectivity index (χ0v) is 14.1. The second kappa shape index (κ2) is 6.28. The van der Waals surface area contributed by atoms with Crippen molar-refractivity contribution < 1.29 is 9.53 Å². The molecular formula is C17H20N2O3S. The summed E-state index contributed by atoms with van der Waals surface area (Å²) in [6.07, 6.45) is 4.42. The first kappa shape index (κ1) is 15.9. The number of carbonyl (C=O) groups is 1. The number of esters is 1. The standard InChI is InChI=1S/C17H20N2O3S/c1-10-5-3-4-6-14(10)19-15(20)12-8-7-11(16(21)22-2)9-13(12)18-17(19)23/h7-10,14H,3-6H2,1-2H3,(H,18,23)/t10-,14-/m0/s1. The lowest BCUT2D eigenvalue weighted by Crippen LogP contribution is -2.32. The van der Waals surface area contributed by atoms with Crippen LogP contribution >= 0.6 is 12.2 Å². The van der Waals surface area contributed by atoms with Crippen LogP contribution in [-0.2, 0) is 4.74 Å². The molecule has 6 heteroatoms. The van der Waals surface area contributed by atoms with Crippen molar-refractivity contribution in [1.29, 1.82) is 0 Å². The normalized spacial score (nSPS) is 21.3. The lowest BCUT2D eigenvalue weighted by atomic mass is 9.86. The Kier molecular flexibility index (Phi) is 4.35. The molecule has 0 spiro atoms. The molecule has 0 unspecified atom stereocenters. The molecule has 1 fully saturated rings. The first-order valence-corrected chi connectivity index (χ1v) is 8.30. The van der Waals surface area contributed by atoms with E-state index in [1.807, 2.05) is 0 Å².